The van der Waals surface area contributed by atoms with Crippen molar-refractivity contribution in [3.8, 4) is 0 Å². The molecule has 4 rings (SSSR count). The van der Waals surface area contributed by atoms with Crippen LogP contribution in [0.5, 0.6) is 0 Å². The zero-order valence-electron chi connectivity index (χ0n) is 14.8. The normalized spacial score (nSPS) is 11.2. The minimum Gasteiger partial charge on any atom is -0.422 e. The van der Waals surface area contributed by atoms with Crippen molar-refractivity contribution in [2.24, 2.45) is 0 Å². The van der Waals surface area contributed by atoms with Gasteiger partial charge in [-0.3, -0.25) is 4.79 Å². The summed E-state index contributed by atoms with van der Waals surface area (Å²) in [4.78, 5) is 27.4. The molecule has 2 aromatic carbocycles. The third-order valence-corrected chi connectivity index (χ3v) is 5.60. The average Bonchev–Trinajstić information content (AvgIpc) is 3.11. The fourth-order valence-electron chi connectivity index (χ4n) is 3.11. The Hall–Kier alpha value is -2.99. The number of amides is 1. The van der Waals surface area contributed by atoms with Crippen molar-refractivity contribution >= 4 is 44.0 Å². The second-order valence-electron chi connectivity index (χ2n) is 6.27. The number of halogens is 1. The van der Waals surface area contributed by atoms with Gasteiger partial charge in [0.25, 0.3) is 5.91 Å². The van der Waals surface area contributed by atoms with Crippen LogP contribution >= 0.6 is 11.3 Å². The maximum Gasteiger partial charge on any atom is 0.345 e. The van der Waals surface area contributed by atoms with Crippen LogP contribution in [0.25, 0.3) is 21.1 Å². The van der Waals surface area contributed by atoms with Gasteiger partial charge in [0.05, 0.1) is 15.0 Å². The van der Waals surface area contributed by atoms with Crippen molar-refractivity contribution in [2.45, 2.75) is 13.8 Å². The summed E-state index contributed by atoms with van der Waals surface area (Å²) in [6.45, 7) is 4.23. The lowest BCUT2D eigenvalue weighted by atomic mass is 10.1. The molecule has 0 saturated carbocycles. The topological polar surface area (TPSA) is 50.5 Å². The first-order valence-electron chi connectivity index (χ1n) is 8.52. The highest BCUT2D eigenvalue weighted by atomic mass is 32.1. The summed E-state index contributed by atoms with van der Waals surface area (Å²) in [5, 5.41) is 1.22. The Kier molecular flexibility index (Phi) is 4.28. The fourth-order valence-corrected chi connectivity index (χ4v) is 4.23. The highest BCUT2D eigenvalue weighted by molar-refractivity contribution is 7.21. The smallest absolute Gasteiger partial charge is 0.345 e. The molecule has 0 fully saturated rings. The lowest BCUT2D eigenvalue weighted by Crippen LogP contribution is -2.29. The van der Waals surface area contributed by atoms with Gasteiger partial charge in [-0.1, -0.05) is 11.6 Å². The number of thiophene rings is 1. The van der Waals surface area contributed by atoms with Gasteiger partial charge >= 0.3 is 5.63 Å². The third kappa shape index (κ3) is 3.02. The van der Waals surface area contributed by atoms with E-state index in [9.17, 15) is 14.0 Å². The lowest BCUT2D eigenvalue weighted by Gasteiger charge is -2.20. The molecule has 136 valence electrons. The van der Waals surface area contributed by atoms with E-state index in [1.165, 1.54) is 23.5 Å². The van der Waals surface area contributed by atoms with Gasteiger partial charge in [0.2, 0.25) is 0 Å². The zero-order chi connectivity index (χ0) is 19.1. The highest BCUT2D eigenvalue weighted by Crippen LogP contribution is 2.32. The largest absolute Gasteiger partial charge is 0.422 e. The highest BCUT2D eigenvalue weighted by Gasteiger charge is 2.21. The van der Waals surface area contributed by atoms with E-state index < -0.39 is 5.63 Å². The summed E-state index contributed by atoms with van der Waals surface area (Å²) in [5.41, 5.74) is 1.70. The fraction of sp³-hybridized carbons (Fsp3) is 0.143. The molecule has 27 heavy (non-hydrogen) atoms. The van der Waals surface area contributed by atoms with Gasteiger partial charge in [-0.2, -0.15) is 0 Å². The lowest BCUT2D eigenvalue weighted by molar-refractivity contribution is 0.0992. The van der Waals surface area contributed by atoms with E-state index in [-0.39, 0.29) is 11.7 Å². The van der Waals surface area contributed by atoms with Crippen LogP contribution in [0, 0.1) is 12.7 Å². The number of aryl methyl sites for hydroxylation is 1. The number of nitrogens with zero attached hydrogens (tertiary/aromatic N) is 1. The Balaban J connectivity index is 1.85. The third-order valence-electron chi connectivity index (χ3n) is 4.44. The molecule has 0 unspecified atom stereocenters. The van der Waals surface area contributed by atoms with Gasteiger partial charge in [-0.15, -0.1) is 11.3 Å². The van der Waals surface area contributed by atoms with Crippen molar-refractivity contribution < 1.29 is 13.6 Å². The maximum atomic E-state index is 13.2. The summed E-state index contributed by atoms with van der Waals surface area (Å²) in [6.07, 6.45) is 0. The van der Waals surface area contributed by atoms with Crippen LogP contribution in [0.4, 0.5) is 10.1 Å². The van der Waals surface area contributed by atoms with E-state index in [2.05, 4.69) is 0 Å². The van der Waals surface area contributed by atoms with Crippen LogP contribution in [0.15, 0.2) is 57.7 Å². The van der Waals surface area contributed by atoms with E-state index in [0.29, 0.717) is 28.1 Å². The molecule has 1 amide bonds. The summed E-state index contributed by atoms with van der Waals surface area (Å²) < 4.78 is 19.3. The number of carbonyl (C=O) groups is 1. The van der Waals surface area contributed by atoms with Crippen molar-refractivity contribution in [2.75, 3.05) is 11.4 Å². The summed E-state index contributed by atoms with van der Waals surface area (Å²) in [6, 6.07) is 13.0. The van der Waals surface area contributed by atoms with Gasteiger partial charge in [0.15, 0.2) is 0 Å². The molecule has 0 N–H and O–H groups in total. The van der Waals surface area contributed by atoms with Crippen LogP contribution in [0.2, 0.25) is 0 Å². The van der Waals surface area contributed by atoms with Gasteiger partial charge in [-0.05, 0) is 56.3 Å². The minimum atomic E-state index is -0.457. The Morgan fingerprint density at radius 3 is 2.56 bits per heavy atom. The second kappa shape index (κ2) is 6.63. The summed E-state index contributed by atoms with van der Waals surface area (Å²) in [5.74, 6) is -0.589. The van der Waals surface area contributed by atoms with Crippen molar-refractivity contribution in [3.63, 3.8) is 0 Å². The summed E-state index contributed by atoms with van der Waals surface area (Å²) in [7, 11) is 0. The SMILES string of the molecule is CCN(C(=O)c1cc2c(=O)oc3ccc(C)cc3c2s1)c1ccc(F)cc1. The Labute approximate surface area is 158 Å². The van der Waals surface area contributed by atoms with Crippen molar-refractivity contribution in [1.82, 2.24) is 0 Å². The van der Waals surface area contributed by atoms with Crippen LogP contribution in [-0.2, 0) is 0 Å². The molecule has 0 aliphatic heterocycles. The molecular weight excluding hydrogens is 365 g/mol. The molecule has 0 aliphatic rings. The Morgan fingerprint density at radius 2 is 1.85 bits per heavy atom. The van der Waals surface area contributed by atoms with Crippen LogP contribution in [0.1, 0.15) is 22.2 Å². The predicted molar refractivity (Wildman–Crippen MR) is 106 cm³/mol. The summed E-state index contributed by atoms with van der Waals surface area (Å²) >= 11 is 1.27. The average molecular weight is 381 g/mol. The Morgan fingerprint density at radius 1 is 1.11 bits per heavy atom. The number of anilines is 1. The van der Waals surface area contributed by atoms with E-state index in [1.54, 1.807) is 29.2 Å². The van der Waals surface area contributed by atoms with Crippen LogP contribution in [-0.4, -0.2) is 12.5 Å². The molecule has 6 heteroatoms. The van der Waals surface area contributed by atoms with E-state index in [0.717, 1.165) is 15.6 Å². The first-order valence-corrected chi connectivity index (χ1v) is 9.34. The molecule has 0 aliphatic carbocycles. The minimum absolute atomic E-state index is 0.231. The number of carbonyl (C=O) groups excluding carboxylic acids is 1. The molecule has 0 bridgehead atoms. The molecule has 2 aromatic heterocycles. The van der Waals surface area contributed by atoms with Gasteiger partial charge in [0.1, 0.15) is 11.4 Å². The van der Waals surface area contributed by atoms with E-state index in [1.807, 2.05) is 26.0 Å². The molecule has 2 heterocycles. The molecule has 0 spiro atoms. The van der Waals surface area contributed by atoms with E-state index in [4.69, 9.17) is 4.42 Å². The second-order valence-corrected chi connectivity index (χ2v) is 7.32. The molecule has 0 radical (unpaired) electrons. The number of rotatable bonds is 3. The van der Waals surface area contributed by atoms with Gasteiger partial charge in [0, 0.05) is 17.6 Å². The molecular formula is C21H16FNO3S. The quantitative estimate of drug-likeness (QED) is 0.463. The van der Waals surface area contributed by atoms with Gasteiger partial charge in [-0.25, -0.2) is 9.18 Å². The maximum absolute atomic E-state index is 13.2. The predicted octanol–water partition coefficient (Wildman–Crippen LogP) is 5.12. The number of hydrogen-bond donors (Lipinski definition) is 0. The number of benzene rings is 2. The van der Waals surface area contributed by atoms with Crippen molar-refractivity contribution in [1.29, 1.82) is 0 Å². The van der Waals surface area contributed by atoms with Crippen molar-refractivity contribution in [3.05, 3.63) is 75.2 Å². The first kappa shape index (κ1) is 17.4. The first-order chi connectivity index (χ1) is 13.0. The molecule has 0 atom stereocenters. The monoisotopic (exact) mass is 381 g/mol. The molecule has 0 saturated heterocycles. The molecule has 4 aromatic rings. The van der Waals surface area contributed by atoms with Gasteiger partial charge < -0.3 is 9.32 Å². The number of hydrogen-bond acceptors (Lipinski definition) is 4. The number of fused-ring (bicyclic) bond motifs is 3. The molecule has 4 nitrogen and oxygen atoms in total. The van der Waals surface area contributed by atoms with Crippen LogP contribution < -0.4 is 10.5 Å². The van der Waals surface area contributed by atoms with Crippen LogP contribution in [0.3, 0.4) is 0 Å². The van der Waals surface area contributed by atoms with E-state index >= 15 is 0 Å². The zero-order valence-corrected chi connectivity index (χ0v) is 15.6. The Bertz CT molecular complexity index is 1220. The standard InChI is InChI=1S/C21H16FNO3S/c1-3-23(14-7-5-13(22)6-8-14)20(24)18-11-16-19(27-18)15-10-12(2)4-9-17(15)26-21(16)25/h4-11H,3H2,1-2H3.